The molecule has 7 heteroatoms. The summed E-state index contributed by atoms with van der Waals surface area (Å²) in [5.41, 5.74) is 2.38. The van der Waals surface area contributed by atoms with E-state index in [-0.39, 0.29) is 12.6 Å². The number of urea groups is 1. The molecule has 0 spiro atoms. The van der Waals surface area contributed by atoms with Crippen molar-refractivity contribution >= 4 is 22.5 Å². The van der Waals surface area contributed by atoms with E-state index >= 15 is 0 Å². The topological polar surface area (TPSA) is 87.1 Å². The van der Waals surface area contributed by atoms with Crippen molar-refractivity contribution in [1.82, 2.24) is 15.5 Å². The van der Waals surface area contributed by atoms with Crippen LogP contribution in [0.25, 0.3) is 0 Å². The molecule has 23 heavy (non-hydrogen) atoms. The first-order chi connectivity index (χ1) is 11.1. The second kappa shape index (κ2) is 8.59. The number of carbonyl (C=O) groups excluding carboxylic acids is 1. The zero-order chi connectivity index (χ0) is 16.7. The van der Waals surface area contributed by atoms with Gasteiger partial charge in [-0.2, -0.15) is 0 Å². The first kappa shape index (κ1) is 17.4. The molecule has 1 aromatic heterocycles. The van der Waals surface area contributed by atoms with Crippen molar-refractivity contribution in [3.05, 3.63) is 40.4 Å². The number of aryl methyl sites for hydroxylation is 1. The molecule has 0 aliphatic heterocycles. The molecule has 0 fully saturated rings. The number of nitrogens with zero attached hydrogens (tertiary/aromatic N) is 2. The fourth-order valence-corrected chi connectivity index (χ4v) is 2.81. The number of aromatic nitrogens is 2. The van der Waals surface area contributed by atoms with Gasteiger partial charge in [0.05, 0.1) is 6.10 Å². The number of aliphatic hydroxyl groups is 1. The van der Waals surface area contributed by atoms with Gasteiger partial charge in [-0.1, -0.05) is 54.5 Å². The summed E-state index contributed by atoms with van der Waals surface area (Å²) in [5, 5.41) is 24.2. The Kier molecular flexibility index (Phi) is 6.49. The van der Waals surface area contributed by atoms with Crippen LogP contribution >= 0.6 is 11.3 Å². The highest BCUT2D eigenvalue weighted by molar-refractivity contribution is 7.15. The summed E-state index contributed by atoms with van der Waals surface area (Å²) in [4.78, 5) is 11.7. The monoisotopic (exact) mass is 334 g/mol. The molecule has 6 nitrogen and oxygen atoms in total. The fourth-order valence-electron chi connectivity index (χ4n) is 2.04. The zero-order valence-electron chi connectivity index (χ0n) is 13.4. The van der Waals surface area contributed by atoms with E-state index in [0.29, 0.717) is 18.0 Å². The molecule has 0 radical (unpaired) electrons. The predicted octanol–water partition coefficient (Wildman–Crippen LogP) is 2.72. The van der Waals surface area contributed by atoms with Gasteiger partial charge in [-0.15, -0.1) is 10.2 Å². The molecule has 1 aromatic carbocycles. The van der Waals surface area contributed by atoms with E-state index < -0.39 is 6.10 Å². The van der Waals surface area contributed by atoms with Crippen molar-refractivity contribution in [3.63, 3.8) is 0 Å². The SMILES string of the molecule is CCCC(O)CNC(=O)Nc1nnc(Cc2ccc(C)cc2)s1. The van der Waals surface area contributed by atoms with E-state index in [1.165, 1.54) is 16.9 Å². The Labute approximate surface area is 140 Å². The van der Waals surface area contributed by atoms with Crippen LogP contribution in [0.5, 0.6) is 0 Å². The van der Waals surface area contributed by atoms with Crippen molar-refractivity contribution in [1.29, 1.82) is 0 Å². The highest BCUT2D eigenvalue weighted by Gasteiger charge is 2.10. The Hall–Kier alpha value is -1.99. The number of hydrogen-bond donors (Lipinski definition) is 3. The van der Waals surface area contributed by atoms with Gasteiger partial charge in [-0.25, -0.2) is 4.79 Å². The maximum absolute atomic E-state index is 11.7. The van der Waals surface area contributed by atoms with Crippen LogP contribution in [0.4, 0.5) is 9.93 Å². The van der Waals surface area contributed by atoms with E-state index in [1.807, 2.05) is 13.8 Å². The molecule has 124 valence electrons. The van der Waals surface area contributed by atoms with Crippen LogP contribution in [0, 0.1) is 6.92 Å². The third-order valence-corrected chi connectivity index (χ3v) is 4.12. The number of hydrogen-bond acceptors (Lipinski definition) is 5. The lowest BCUT2D eigenvalue weighted by Crippen LogP contribution is -2.35. The summed E-state index contributed by atoms with van der Waals surface area (Å²) in [5.74, 6) is 0. The zero-order valence-corrected chi connectivity index (χ0v) is 14.2. The first-order valence-corrected chi connectivity index (χ1v) is 8.49. The van der Waals surface area contributed by atoms with Gasteiger partial charge < -0.3 is 10.4 Å². The summed E-state index contributed by atoms with van der Waals surface area (Å²) in [7, 11) is 0. The molecular weight excluding hydrogens is 312 g/mol. The van der Waals surface area contributed by atoms with Crippen molar-refractivity contribution in [2.75, 3.05) is 11.9 Å². The van der Waals surface area contributed by atoms with E-state index in [2.05, 4.69) is 45.1 Å². The summed E-state index contributed by atoms with van der Waals surface area (Å²) in [6.45, 7) is 4.27. The van der Waals surface area contributed by atoms with Gasteiger partial charge >= 0.3 is 6.03 Å². The Balaban J connectivity index is 1.82. The van der Waals surface area contributed by atoms with Crippen molar-refractivity contribution in [3.8, 4) is 0 Å². The summed E-state index contributed by atoms with van der Waals surface area (Å²) >= 11 is 1.35. The number of nitrogens with one attached hydrogen (secondary N) is 2. The van der Waals surface area contributed by atoms with E-state index in [9.17, 15) is 9.90 Å². The molecule has 2 amide bonds. The predicted molar refractivity (Wildman–Crippen MR) is 91.8 cm³/mol. The third kappa shape index (κ3) is 5.96. The molecule has 0 aliphatic carbocycles. The molecule has 1 heterocycles. The minimum Gasteiger partial charge on any atom is -0.391 e. The number of rotatable bonds is 7. The lowest BCUT2D eigenvalue weighted by atomic mass is 10.1. The van der Waals surface area contributed by atoms with Crippen molar-refractivity contribution in [2.45, 2.75) is 39.2 Å². The Morgan fingerprint density at radius 1 is 1.30 bits per heavy atom. The van der Waals surface area contributed by atoms with Crippen molar-refractivity contribution < 1.29 is 9.90 Å². The molecule has 0 saturated carbocycles. The molecule has 0 bridgehead atoms. The van der Waals surface area contributed by atoms with Gasteiger partial charge in [-0.05, 0) is 18.9 Å². The van der Waals surface area contributed by atoms with E-state index in [1.54, 1.807) is 0 Å². The molecular formula is C16H22N4O2S. The van der Waals surface area contributed by atoms with Crippen LogP contribution in [0.15, 0.2) is 24.3 Å². The van der Waals surface area contributed by atoms with Gasteiger partial charge in [0.15, 0.2) is 0 Å². The Morgan fingerprint density at radius 2 is 2.04 bits per heavy atom. The second-order valence-electron chi connectivity index (χ2n) is 5.44. The van der Waals surface area contributed by atoms with Gasteiger partial charge in [0.25, 0.3) is 0 Å². The number of aliphatic hydroxyl groups excluding tert-OH is 1. The van der Waals surface area contributed by atoms with Gasteiger partial charge in [0, 0.05) is 13.0 Å². The van der Waals surface area contributed by atoms with Gasteiger partial charge in [0.1, 0.15) is 5.01 Å². The average molecular weight is 334 g/mol. The number of anilines is 1. The van der Waals surface area contributed by atoms with E-state index in [0.717, 1.165) is 17.0 Å². The van der Waals surface area contributed by atoms with Crippen molar-refractivity contribution in [2.24, 2.45) is 0 Å². The smallest absolute Gasteiger partial charge is 0.321 e. The van der Waals surface area contributed by atoms with E-state index in [4.69, 9.17) is 0 Å². The van der Waals surface area contributed by atoms with Crippen LogP contribution in [-0.4, -0.2) is 34.0 Å². The molecule has 2 rings (SSSR count). The minimum atomic E-state index is -0.516. The average Bonchev–Trinajstić information content (AvgIpc) is 2.95. The first-order valence-electron chi connectivity index (χ1n) is 7.67. The van der Waals surface area contributed by atoms with Crippen LogP contribution in [0.2, 0.25) is 0 Å². The lowest BCUT2D eigenvalue weighted by Gasteiger charge is -2.10. The van der Waals surface area contributed by atoms with Crippen LogP contribution < -0.4 is 10.6 Å². The molecule has 3 N–H and O–H groups in total. The highest BCUT2D eigenvalue weighted by Crippen LogP contribution is 2.18. The summed E-state index contributed by atoms with van der Waals surface area (Å²) < 4.78 is 0. The van der Waals surface area contributed by atoms with Crippen LogP contribution in [0.1, 0.15) is 35.9 Å². The molecule has 2 aromatic rings. The number of benzene rings is 1. The largest absolute Gasteiger partial charge is 0.391 e. The molecule has 1 atom stereocenters. The normalized spacial score (nSPS) is 12.0. The standard InChI is InChI=1S/C16H22N4O2S/c1-3-4-13(21)10-17-15(22)18-16-20-19-14(23-16)9-12-7-5-11(2)6-8-12/h5-8,13,21H,3-4,9-10H2,1-2H3,(H2,17,18,20,22). The maximum Gasteiger partial charge on any atom is 0.321 e. The third-order valence-electron chi connectivity index (χ3n) is 3.28. The summed E-state index contributed by atoms with van der Waals surface area (Å²) in [6, 6.07) is 7.87. The molecule has 1 unspecified atom stereocenters. The minimum absolute atomic E-state index is 0.231. The van der Waals surface area contributed by atoms with Crippen LogP contribution in [0.3, 0.4) is 0 Å². The second-order valence-corrected chi connectivity index (χ2v) is 6.50. The fraction of sp³-hybridized carbons (Fsp3) is 0.438. The Bertz CT molecular complexity index is 627. The van der Waals surface area contributed by atoms with Crippen LogP contribution in [-0.2, 0) is 6.42 Å². The Morgan fingerprint density at radius 3 is 2.74 bits per heavy atom. The lowest BCUT2D eigenvalue weighted by molar-refractivity contribution is 0.162. The number of amides is 2. The summed E-state index contributed by atoms with van der Waals surface area (Å²) in [6.07, 6.45) is 1.72. The highest BCUT2D eigenvalue weighted by atomic mass is 32.1. The van der Waals surface area contributed by atoms with Gasteiger partial charge in [-0.3, -0.25) is 5.32 Å². The van der Waals surface area contributed by atoms with Gasteiger partial charge in [0.2, 0.25) is 5.13 Å². The molecule has 0 aliphatic rings. The quantitative estimate of drug-likeness (QED) is 0.726. The number of carbonyl (C=O) groups is 1. The maximum atomic E-state index is 11.7. The molecule has 0 saturated heterocycles.